The third kappa shape index (κ3) is 2.58. The monoisotopic (exact) mass is 135 g/mol. The van der Waals surface area contributed by atoms with E-state index in [2.05, 4.69) is 19.4 Å². The molecule has 0 fully saturated rings. The number of aliphatic hydroxyl groups is 1. The highest BCUT2D eigenvalue weighted by Gasteiger charge is 2.19. The van der Waals surface area contributed by atoms with E-state index in [0.29, 0.717) is 16.1 Å². The van der Waals surface area contributed by atoms with Gasteiger partial charge in [0.05, 0.1) is 18.6 Å². The fraction of sp³-hybridized carbons (Fsp3) is 1.00. The predicted octanol–water partition coefficient (Wildman–Crippen LogP) is 0.634. The molecule has 0 aliphatic carbocycles. The fourth-order valence-corrected chi connectivity index (χ4v) is 1.18. The van der Waals surface area contributed by atoms with E-state index in [1.165, 1.54) is 0 Å². The minimum atomic E-state index is -0.145. The molecular weight excluding hydrogens is 120 g/mol. The Bertz CT molecular complexity index is 53.5. The first kappa shape index (κ1) is 8.31. The lowest BCUT2D eigenvalue weighted by Crippen LogP contribution is -2.27. The van der Waals surface area contributed by atoms with E-state index in [9.17, 15) is 0 Å². The highest BCUT2D eigenvalue weighted by molar-refractivity contribution is 7.96. The van der Waals surface area contributed by atoms with E-state index in [1.807, 2.05) is 6.92 Å². The van der Waals surface area contributed by atoms with Gasteiger partial charge in [-0.3, -0.25) is 0 Å². The van der Waals surface area contributed by atoms with E-state index < -0.39 is 0 Å². The maximum atomic E-state index is 9.00. The van der Waals surface area contributed by atoms with E-state index in [4.69, 9.17) is 5.11 Å². The molecule has 0 aromatic rings. The molecule has 0 heterocycles. The highest BCUT2D eigenvalue weighted by Crippen LogP contribution is 2.02. The van der Waals surface area contributed by atoms with Gasteiger partial charge < -0.3 is 5.11 Å². The summed E-state index contributed by atoms with van der Waals surface area (Å²) >= 11 is 0. The molecule has 0 bridgehead atoms. The molecule has 2 heteroatoms. The standard InChI is InChI=1S/C6H15OS/c1-5(7)6(2)8(3)4/h5-7H,1-4H3/q+1. The first-order valence-corrected chi connectivity index (χ1v) is 4.90. The van der Waals surface area contributed by atoms with Gasteiger partial charge in [0.2, 0.25) is 0 Å². The molecule has 1 N–H and O–H groups in total. The van der Waals surface area contributed by atoms with Gasteiger partial charge in [-0.1, -0.05) is 0 Å². The molecule has 0 aromatic carbocycles. The molecule has 0 aromatic heterocycles. The van der Waals surface area contributed by atoms with Gasteiger partial charge in [0, 0.05) is 0 Å². The van der Waals surface area contributed by atoms with Crippen LogP contribution in [-0.2, 0) is 10.9 Å². The molecule has 0 aliphatic rings. The summed E-state index contributed by atoms with van der Waals surface area (Å²) < 4.78 is 0. The summed E-state index contributed by atoms with van der Waals surface area (Å²) in [5, 5.41) is 9.45. The van der Waals surface area contributed by atoms with Gasteiger partial charge in [-0.25, -0.2) is 0 Å². The zero-order chi connectivity index (χ0) is 6.73. The van der Waals surface area contributed by atoms with Crippen LogP contribution >= 0.6 is 0 Å². The Morgan fingerprint density at radius 2 is 1.62 bits per heavy atom. The Kier molecular flexibility index (Phi) is 3.49. The van der Waals surface area contributed by atoms with Crippen LogP contribution in [0.15, 0.2) is 0 Å². The van der Waals surface area contributed by atoms with Gasteiger partial charge in [-0.05, 0) is 24.7 Å². The minimum absolute atomic E-state index is 0.145. The van der Waals surface area contributed by atoms with Crippen LogP contribution in [0.5, 0.6) is 0 Å². The minimum Gasteiger partial charge on any atom is -0.388 e. The molecule has 8 heavy (non-hydrogen) atoms. The van der Waals surface area contributed by atoms with Gasteiger partial charge in [0.1, 0.15) is 5.25 Å². The largest absolute Gasteiger partial charge is 0.388 e. The Labute approximate surface area is 54.4 Å². The van der Waals surface area contributed by atoms with Crippen molar-refractivity contribution in [3.63, 3.8) is 0 Å². The fourth-order valence-electron chi connectivity index (χ4n) is 0.394. The third-order valence-corrected chi connectivity index (χ3v) is 3.30. The van der Waals surface area contributed by atoms with Crippen LogP contribution in [0.25, 0.3) is 0 Å². The molecule has 0 saturated carbocycles. The molecule has 0 aliphatic heterocycles. The van der Waals surface area contributed by atoms with Crippen LogP contribution in [-0.4, -0.2) is 29.0 Å². The normalized spacial score (nSPS) is 18.8. The van der Waals surface area contributed by atoms with Crippen molar-refractivity contribution in [2.24, 2.45) is 0 Å². The van der Waals surface area contributed by atoms with Gasteiger partial charge in [0.25, 0.3) is 0 Å². The predicted molar refractivity (Wildman–Crippen MR) is 40.4 cm³/mol. The van der Waals surface area contributed by atoms with Crippen LogP contribution in [0.3, 0.4) is 0 Å². The average Bonchev–Trinajstić information content (AvgIpc) is 1.64. The molecule has 1 nitrogen and oxygen atoms in total. The van der Waals surface area contributed by atoms with Crippen molar-refractivity contribution in [3.8, 4) is 0 Å². The summed E-state index contributed by atoms with van der Waals surface area (Å²) in [6.45, 7) is 3.92. The Morgan fingerprint density at radius 1 is 1.25 bits per heavy atom. The summed E-state index contributed by atoms with van der Waals surface area (Å²) in [7, 11) is 0.360. The molecular formula is C6H15OS+. The Hall–Kier alpha value is 0.310. The second-order valence-corrected chi connectivity index (χ2v) is 4.83. The zero-order valence-electron chi connectivity index (χ0n) is 6.01. The Balaban J connectivity index is 3.46. The van der Waals surface area contributed by atoms with Gasteiger partial charge in [-0.15, -0.1) is 0 Å². The van der Waals surface area contributed by atoms with Crippen LogP contribution in [0.4, 0.5) is 0 Å². The lowest BCUT2D eigenvalue weighted by molar-refractivity contribution is 0.195. The van der Waals surface area contributed by atoms with Crippen molar-refractivity contribution in [2.45, 2.75) is 25.2 Å². The van der Waals surface area contributed by atoms with Gasteiger partial charge >= 0.3 is 0 Å². The maximum absolute atomic E-state index is 9.00. The molecule has 0 radical (unpaired) electrons. The quantitative estimate of drug-likeness (QED) is 0.551. The van der Waals surface area contributed by atoms with Crippen molar-refractivity contribution >= 4 is 10.9 Å². The summed E-state index contributed by atoms with van der Waals surface area (Å²) in [5.41, 5.74) is 0. The lowest BCUT2D eigenvalue weighted by Gasteiger charge is -2.09. The number of hydrogen-bond donors (Lipinski definition) is 1. The highest BCUT2D eigenvalue weighted by atomic mass is 32.2. The van der Waals surface area contributed by atoms with Crippen LogP contribution in [0.1, 0.15) is 13.8 Å². The number of hydrogen-bond acceptors (Lipinski definition) is 1. The average molecular weight is 135 g/mol. The van der Waals surface area contributed by atoms with Gasteiger partial charge in [0.15, 0.2) is 0 Å². The van der Waals surface area contributed by atoms with Crippen molar-refractivity contribution in [1.82, 2.24) is 0 Å². The van der Waals surface area contributed by atoms with Crippen molar-refractivity contribution in [3.05, 3.63) is 0 Å². The first-order chi connectivity index (χ1) is 3.55. The van der Waals surface area contributed by atoms with E-state index >= 15 is 0 Å². The molecule has 50 valence electrons. The summed E-state index contributed by atoms with van der Waals surface area (Å²) in [6, 6.07) is 0. The molecule has 2 unspecified atom stereocenters. The third-order valence-electron chi connectivity index (χ3n) is 1.42. The van der Waals surface area contributed by atoms with Gasteiger partial charge in [-0.2, -0.15) is 0 Å². The smallest absolute Gasteiger partial charge is 0.140 e. The molecule has 0 saturated heterocycles. The summed E-state index contributed by atoms with van der Waals surface area (Å²) in [6.07, 6.45) is 4.16. The van der Waals surface area contributed by atoms with E-state index in [-0.39, 0.29) is 6.10 Å². The Morgan fingerprint density at radius 3 is 1.62 bits per heavy atom. The second kappa shape index (κ2) is 3.36. The summed E-state index contributed by atoms with van der Waals surface area (Å²) in [5.74, 6) is 0. The number of aliphatic hydroxyl groups excluding tert-OH is 1. The first-order valence-electron chi connectivity index (χ1n) is 2.80. The zero-order valence-corrected chi connectivity index (χ0v) is 6.83. The molecule has 0 rings (SSSR count). The molecule has 0 spiro atoms. The van der Waals surface area contributed by atoms with Crippen molar-refractivity contribution < 1.29 is 5.11 Å². The van der Waals surface area contributed by atoms with Crippen LogP contribution in [0.2, 0.25) is 0 Å². The van der Waals surface area contributed by atoms with Crippen molar-refractivity contribution in [2.75, 3.05) is 12.5 Å². The topological polar surface area (TPSA) is 20.2 Å². The molecule has 0 amide bonds. The SMILES string of the molecule is CC(O)C(C)[S+](C)C. The van der Waals surface area contributed by atoms with Crippen LogP contribution < -0.4 is 0 Å². The number of rotatable bonds is 2. The maximum Gasteiger partial charge on any atom is 0.140 e. The van der Waals surface area contributed by atoms with E-state index in [1.54, 1.807) is 0 Å². The lowest BCUT2D eigenvalue weighted by atomic mass is 10.3. The van der Waals surface area contributed by atoms with Crippen molar-refractivity contribution in [1.29, 1.82) is 0 Å². The second-order valence-electron chi connectivity index (χ2n) is 2.33. The molecule has 2 atom stereocenters. The van der Waals surface area contributed by atoms with E-state index in [0.717, 1.165) is 0 Å². The summed E-state index contributed by atoms with van der Waals surface area (Å²) in [4.78, 5) is 0. The van der Waals surface area contributed by atoms with Crippen LogP contribution in [0, 0.1) is 0 Å².